The van der Waals surface area contributed by atoms with Crippen molar-refractivity contribution in [2.24, 2.45) is 0 Å². The quantitative estimate of drug-likeness (QED) is 0.703. The Morgan fingerprint density at radius 2 is 2.20 bits per heavy atom. The summed E-state index contributed by atoms with van der Waals surface area (Å²) in [4.78, 5) is 19.8. The second-order valence-corrected chi connectivity index (χ2v) is 3.80. The summed E-state index contributed by atoms with van der Waals surface area (Å²) in [6, 6.07) is 3.99. The van der Waals surface area contributed by atoms with E-state index in [0.29, 0.717) is 11.5 Å². The molecule has 0 unspecified atom stereocenters. The summed E-state index contributed by atoms with van der Waals surface area (Å²) >= 11 is 0. The molecule has 0 aliphatic heterocycles. The summed E-state index contributed by atoms with van der Waals surface area (Å²) in [5, 5.41) is 0. The minimum absolute atomic E-state index is 0.0262. The highest BCUT2D eigenvalue weighted by Crippen LogP contribution is 2.19. The minimum atomic E-state index is -0.0262. The van der Waals surface area contributed by atoms with Crippen molar-refractivity contribution < 1.29 is 4.79 Å². The molecule has 4 heteroatoms. The van der Waals surface area contributed by atoms with E-state index in [1.54, 1.807) is 6.20 Å². The van der Waals surface area contributed by atoms with Gasteiger partial charge in [0.1, 0.15) is 0 Å². The summed E-state index contributed by atoms with van der Waals surface area (Å²) < 4.78 is 1.92. The molecule has 4 nitrogen and oxygen atoms in total. The summed E-state index contributed by atoms with van der Waals surface area (Å²) in [6.07, 6.45) is 1.68. The van der Waals surface area contributed by atoms with Crippen LogP contribution in [0.15, 0.2) is 18.3 Å². The highest BCUT2D eigenvalue weighted by molar-refractivity contribution is 5.94. The number of carbonyl (C=O) groups excluding carboxylic acids is 1. The van der Waals surface area contributed by atoms with Gasteiger partial charge in [-0.05, 0) is 26.0 Å². The number of ketones is 1. The maximum atomic E-state index is 11.4. The minimum Gasteiger partial charge on any atom is -0.318 e. The molecule has 2 aromatic rings. The van der Waals surface area contributed by atoms with Gasteiger partial charge in [-0.1, -0.05) is 0 Å². The molecule has 0 saturated heterocycles. The number of nitrogens with zero attached hydrogens (tertiary/aromatic N) is 3. The number of rotatable bonds is 2. The van der Waals surface area contributed by atoms with Crippen LogP contribution in [0.25, 0.3) is 11.2 Å². The van der Waals surface area contributed by atoms with Crippen LogP contribution in [0.4, 0.5) is 0 Å². The molecular weight excluding hydrogens is 190 g/mol. The normalized spacial score (nSPS) is 11.2. The van der Waals surface area contributed by atoms with Crippen molar-refractivity contribution >= 4 is 16.9 Å². The van der Waals surface area contributed by atoms with Crippen molar-refractivity contribution in [3.05, 3.63) is 24.2 Å². The van der Waals surface area contributed by atoms with Crippen LogP contribution in [0.1, 0.15) is 37.4 Å². The zero-order chi connectivity index (χ0) is 11.0. The Hall–Kier alpha value is -1.71. The van der Waals surface area contributed by atoms with Gasteiger partial charge in [-0.2, -0.15) is 0 Å². The zero-order valence-electron chi connectivity index (χ0n) is 9.06. The Bertz CT molecular complexity index is 514. The fourth-order valence-electron chi connectivity index (χ4n) is 1.70. The Labute approximate surface area is 88.0 Å². The van der Waals surface area contributed by atoms with Crippen LogP contribution in [0.2, 0.25) is 0 Å². The van der Waals surface area contributed by atoms with E-state index in [2.05, 4.69) is 9.97 Å². The highest BCUT2D eigenvalue weighted by atomic mass is 16.1. The maximum Gasteiger partial charge on any atom is 0.195 e. The lowest BCUT2D eigenvalue weighted by atomic mass is 10.3. The smallest absolute Gasteiger partial charge is 0.195 e. The molecule has 0 aliphatic carbocycles. The first-order valence-electron chi connectivity index (χ1n) is 4.95. The Kier molecular flexibility index (Phi) is 2.26. The summed E-state index contributed by atoms with van der Waals surface area (Å²) in [6.45, 7) is 5.58. The van der Waals surface area contributed by atoms with E-state index >= 15 is 0 Å². The number of hydrogen-bond donors (Lipinski definition) is 0. The first kappa shape index (κ1) is 9.83. The van der Waals surface area contributed by atoms with Crippen LogP contribution < -0.4 is 0 Å². The Morgan fingerprint density at radius 1 is 1.47 bits per heavy atom. The molecule has 0 aromatic carbocycles. The van der Waals surface area contributed by atoms with Crippen LogP contribution in [-0.4, -0.2) is 20.3 Å². The maximum absolute atomic E-state index is 11.4. The molecule has 0 saturated carbocycles. The van der Waals surface area contributed by atoms with E-state index in [4.69, 9.17) is 0 Å². The van der Waals surface area contributed by atoms with Gasteiger partial charge in [-0.25, -0.2) is 9.97 Å². The van der Waals surface area contributed by atoms with Crippen molar-refractivity contribution in [1.29, 1.82) is 0 Å². The van der Waals surface area contributed by atoms with Crippen LogP contribution >= 0.6 is 0 Å². The monoisotopic (exact) mass is 203 g/mol. The number of fused-ring (bicyclic) bond motifs is 1. The van der Waals surface area contributed by atoms with Gasteiger partial charge < -0.3 is 4.57 Å². The number of pyridine rings is 1. The SMILES string of the molecule is CC(=O)c1nc2ncccc2n1C(C)C. The van der Waals surface area contributed by atoms with Crippen LogP contribution in [0, 0.1) is 0 Å². The molecular formula is C11H13N3O. The molecule has 0 fully saturated rings. The molecule has 0 N–H and O–H groups in total. The lowest BCUT2D eigenvalue weighted by Crippen LogP contribution is -2.09. The molecule has 2 heterocycles. The number of aromatic nitrogens is 3. The van der Waals surface area contributed by atoms with Crippen LogP contribution in [0.5, 0.6) is 0 Å². The van der Waals surface area contributed by atoms with Crippen molar-refractivity contribution in [3.63, 3.8) is 0 Å². The lowest BCUT2D eigenvalue weighted by molar-refractivity contribution is 0.0998. The molecule has 15 heavy (non-hydrogen) atoms. The number of Topliss-reactive ketones (excluding diaryl/α,β-unsaturated/α-hetero) is 1. The number of carbonyl (C=O) groups is 1. The van der Waals surface area contributed by atoms with Crippen molar-refractivity contribution in [2.45, 2.75) is 26.8 Å². The molecule has 0 amide bonds. The third kappa shape index (κ3) is 1.52. The van der Waals surface area contributed by atoms with Crippen LogP contribution in [-0.2, 0) is 0 Å². The molecule has 2 rings (SSSR count). The highest BCUT2D eigenvalue weighted by Gasteiger charge is 2.16. The molecule has 0 bridgehead atoms. The second kappa shape index (κ2) is 3.46. The third-order valence-electron chi connectivity index (χ3n) is 2.30. The van der Waals surface area contributed by atoms with Crippen molar-refractivity contribution in [1.82, 2.24) is 14.5 Å². The van der Waals surface area contributed by atoms with Gasteiger partial charge in [0.25, 0.3) is 0 Å². The Balaban J connectivity index is 2.80. The standard InChI is InChI=1S/C11H13N3O/c1-7(2)14-9-5-4-6-12-10(9)13-11(14)8(3)15/h4-7H,1-3H3. The fraction of sp³-hybridized carbons (Fsp3) is 0.364. The van der Waals surface area contributed by atoms with E-state index in [0.717, 1.165) is 5.52 Å². The molecule has 78 valence electrons. The summed E-state index contributed by atoms with van der Waals surface area (Å²) in [5.74, 6) is 0.459. The van der Waals surface area contributed by atoms with E-state index in [-0.39, 0.29) is 11.8 Å². The third-order valence-corrected chi connectivity index (χ3v) is 2.30. The van der Waals surface area contributed by atoms with Gasteiger partial charge in [0.05, 0.1) is 5.52 Å². The number of imidazole rings is 1. The van der Waals surface area contributed by atoms with E-state index < -0.39 is 0 Å². The van der Waals surface area contributed by atoms with Gasteiger partial charge in [0, 0.05) is 19.2 Å². The Morgan fingerprint density at radius 3 is 2.80 bits per heavy atom. The van der Waals surface area contributed by atoms with E-state index in [1.807, 2.05) is 30.5 Å². The average Bonchev–Trinajstić information content (AvgIpc) is 2.56. The first-order chi connectivity index (χ1) is 7.11. The van der Waals surface area contributed by atoms with Gasteiger partial charge in [-0.3, -0.25) is 4.79 Å². The molecule has 0 aliphatic rings. The lowest BCUT2D eigenvalue weighted by Gasteiger charge is -2.10. The average molecular weight is 203 g/mol. The first-order valence-corrected chi connectivity index (χ1v) is 4.95. The topological polar surface area (TPSA) is 47.8 Å². The van der Waals surface area contributed by atoms with Gasteiger partial charge in [0.2, 0.25) is 0 Å². The van der Waals surface area contributed by atoms with E-state index in [9.17, 15) is 4.79 Å². The van der Waals surface area contributed by atoms with Gasteiger partial charge in [0.15, 0.2) is 17.3 Å². The number of hydrogen-bond acceptors (Lipinski definition) is 3. The predicted octanol–water partition coefficient (Wildman–Crippen LogP) is 2.21. The van der Waals surface area contributed by atoms with Gasteiger partial charge in [-0.15, -0.1) is 0 Å². The second-order valence-electron chi connectivity index (χ2n) is 3.80. The molecule has 2 aromatic heterocycles. The van der Waals surface area contributed by atoms with E-state index in [1.165, 1.54) is 6.92 Å². The summed E-state index contributed by atoms with van der Waals surface area (Å²) in [7, 11) is 0. The molecule has 0 spiro atoms. The fourth-order valence-corrected chi connectivity index (χ4v) is 1.70. The van der Waals surface area contributed by atoms with Crippen LogP contribution in [0.3, 0.4) is 0 Å². The predicted molar refractivity (Wildman–Crippen MR) is 57.9 cm³/mol. The van der Waals surface area contributed by atoms with Crippen molar-refractivity contribution in [3.8, 4) is 0 Å². The molecule has 0 radical (unpaired) electrons. The summed E-state index contributed by atoms with van der Waals surface area (Å²) in [5.41, 5.74) is 1.55. The van der Waals surface area contributed by atoms with Gasteiger partial charge >= 0.3 is 0 Å². The largest absolute Gasteiger partial charge is 0.318 e. The zero-order valence-corrected chi connectivity index (χ0v) is 9.06. The molecule has 0 atom stereocenters. The van der Waals surface area contributed by atoms with Crippen molar-refractivity contribution in [2.75, 3.05) is 0 Å².